The largest absolute Gasteiger partial charge is 0.454 e. The van der Waals surface area contributed by atoms with E-state index in [1.54, 1.807) is 18.2 Å². The van der Waals surface area contributed by atoms with E-state index in [1.807, 2.05) is 0 Å². The molecular weight excluding hydrogens is 436 g/mol. The topological polar surface area (TPSA) is 111 Å². The van der Waals surface area contributed by atoms with Gasteiger partial charge in [-0.3, -0.25) is 4.79 Å². The molecule has 0 aromatic heterocycles. The smallest absolute Gasteiger partial charge is 0.338 e. The fourth-order valence-electron chi connectivity index (χ4n) is 2.64. The van der Waals surface area contributed by atoms with Crippen LogP contribution in [0, 0.1) is 0 Å². The van der Waals surface area contributed by atoms with E-state index >= 15 is 0 Å². The molecule has 1 N–H and O–H groups in total. The maximum absolute atomic E-state index is 12.4. The summed E-state index contributed by atoms with van der Waals surface area (Å²) in [7, 11) is -0.818. The van der Waals surface area contributed by atoms with E-state index < -0.39 is 28.5 Å². The molecule has 1 aliphatic heterocycles. The Balaban J connectivity index is 1.59. The van der Waals surface area contributed by atoms with E-state index in [0.29, 0.717) is 17.1 Å². The average molecular weight is 455 g/mol. The lowest BCUT2D eigenvalue weighted by Crippen LogP contribution is -2.30. The van der Waals surface area contributed by atoms with E-state index in [-0.39, 0.29) is 28.8 Å². The third-order valence-corrected chi connectivity index (χ3v) is 6.40. The Morgan fingerprint density at radius 1 is 1.20 bits per heavy atom. The molecule has 2 aromatic rings. The van der Waals surface area contributed by atoms with Crippen LogP contribution in [0.1, 0.15) is 15.9 Å². The molecule has 0 bridgehead atoms. The minimum atomic E-state index is -3.66. The van der Waals surface area contributed by atoms with Crippen LogP contribution in [-0.4, -0.2) is 52.1 Å². The number of fused-ring (bicyclic) bond motifs is 1. The van der Waals surface area contributed by atoms with Crippen molar-refractivity contribution in [2.75, 3.05) is 27.5 Å². The number of nitrogens with one attached hydrogen (secondary N) is 1. The molecule has 160 valence electrons. The number of benzene rings is 2. The summed E-state index contributed by atoms with van der Waals surface area (Å²) in [6, 6.07) is 9.09. The molecule has 1 amide bonds. The summed E-state index contributed by atoms with van der Waals surface area (Å²) >= 11 is 6.03. The molecule has 1 heterocycles. The number of hydrogen-bond donors (Lipinski definition) is 1. The van der Waals surface area contributed by atoms with Crippen molar-refractivity contribution in [3.63, 3.8) is 0 Å². The summed E-state index contributed by atoms with van der Waals surface area (Å²) in [6.07, 6.45) is 0. The number of carbonyl (C=O) groups excluding carboxylic acids is 2. The highest BCUT2D eigenvalue weighted by atomic mass is 35.5. The molecule has 0 atom stereocenters. The van der Waals surface area contributed by atoms with Gasteiger partial charge >= 0.3 is 5.97 Å². The van der Waals surface area contributed by atoms with Crippen molar-refractivity contribution in [2.45, 2.75) is 11.4 Å². The Hall–Kier alpha value is -2.82. The number of sulfonamides is 1. The number of carbonyl (C=O) groups is 2. The zero-order chi connectivity index (χ0) is 21.9. The molecule has 30 heavy (non-hydrogen) atoms. The number of nitrogens with zero attached hydrogens (tertiary/aromatic N) is 1. The van der Waals surface area contributed by atoms with Gasteiger partial charge in [-0.05, 0) is 23.8 Å². The molecule has 11 heteroatoms. The van der Waals surface area contributed by atoms with Crippen LogP contribution in [0.2, 0.25) is 5.02 Å². The molecule has 0 saturated heterocycles. The minimum Gasteiger partial charge on any atom is -0.454 e. The van der Waals surface area contributed by atoms with Crippen LogP contribution in [0.25, 0.3) is 0 Å². The lowest BCUT2D eigenvalue weighted by Gasteiger charge is -2.15. The molecule has 0 aliphatic carbocycles. The highest BCUT2D eigenvalue weighted by Crippen LogP contribution is 2.39. The Kier molecular flexibility index (Phi) is 6.49. The molecule has 0 radical (unpaired) electrons. The van der Waals surface area contributed by atoms with Gasteiger partial charge in [0, 0.05) is 20.6 Å². The second-order valence-corrected chi connectivity index (χ2v) is 8.97. The van der Waals surface area contributed by atoms with Crippen molar-refractivity contribution < 1.29 is 32.2 Å². The average Bonchev–Trinajstić information content (AvgIpc) is 3.19. The van der Waals surface area contributed by atoms with Gasteiger partial charge < -0.3 is 19.5 Å². The maximum Gasteiger partial charge on any atom is 0.338 e. The van der Waals surface area contributed by atoms with Gasteiger partial charge in [-0.15, -0.1) is 0 Å². The Bertz CT molecular complexity index is 1090. The zero-order valence-electron chi connectivity index (χ0n) is 16.2. The molecule has 0 spiro atoms. The van der Waals surface area contributed by atoms with Crippen LogP contribution in [-0.2, 0) is 26.1 Å². The van der Waals surface area contributed by atoms with Gasteiger partial charge in [0.1, 0.15) is 0 Å². The first-order valence-electron chi connectivity index (χ1n) is 8.73. The SMILES string of the molecule is CN(C)S(=O)(=O)c1ccccc1CNC(=O)COC(=O)c1cc(Cl)c2c(c1)OCO2. The van der Waals surface area contributed by atoms with Crippen LogP contribution in [0.5, 0.6) is 11.5 Å². The second kappa shape index (κ2) is 8.90. The van der Waals surface area contributed by atoms with Crippen molar-refractivity contribution in [1.29, 1.82) is 0 Å². The van der Waals surface area contributed by atoms with Crippen molar-refractivity contribution in [3.05, 3.63) is 52.5 Å². The Morgan fingerprint density at radius 3 is 2.67 bits per heavy atom. The first-order valence-corrected chi connectivity index (χ1v) is 10.6. The molecule has 0 fully saturated rings. The molecule has 3 rings (SSSR count). The number of rotatable bonds is 7. The highest BCUT2D eigenvalue weighted by molar-refractivity contribution is 7.89. The van der Waals surface area contributed by atoms with Gasteiger partial charge in [0.2, 0.25) is 16.8 Å². The quantitative estimate of drug-likeness (QED) is 0.635. The molecule has 1 aliphatic rings. The fraction of sp³-hybridized carbons (Fsp3) is 0.263. The number of esters is 1. The Labute approximate surface area is 178 Å². The van der Waals surface area contributed by atoms with Gasteiger partial charge in [-0.2, -0.15) is 0 Å². The monoisotopic (exact) mass is 454 g/mol. The first kappa shape index (κ1) is 21.9. The van der Waals surface area contributed by atoms with Gasteiger partial charge in [0.15, 0.2) is 18.1 Å². The molecular formula is C19H19ClN2O7S. The van der Waals surface area contributed by atoms with Gasteiger partial charge in [0.05, 0.1) is 15.5 Å². The summed E-state index contributed by atoms with van der Waals surface area (Å²) < 4.78 is 41.2. The Morgan fingerprint density at radius 2 is 1.93 bits per heavy atom. The summed E-state index contributed by atoms with van der Waals surface area (Å²) in [6.45, 7) is -0.593. The second-order valence-electron chi connectivity index (χ2n) is 6.44. The number of ether oxygens (including phenoxy) is 3. The van der Waals surface area contributed by atoms with Crippen LogP contribution in [0.4, 0.5) is 0 Å². The van der Waals surface area contributed by atoms with Crippen molar-refractivity contribution in [1.82, 2.24) is 9.62 Å². The van der Waals surface area contributed by atoms with E-state index in [1.165, 1.54) is 32.3 Å². The third kappa shape index (κ3) is 4.66. The maximum atomic E-state index is 12.4. The van der Waals surface area contributed by atoms with Crippen LogP contribution >= 0.6 is 11.6 Å². The number of amides is 1. The van der Waals surface area contributed by atoms with Crippen molar-refractivity contribution >= 4 is 33.5 Å². The van der Waals surface area contributed by atoms with E-state index in [2.05, 4.69) is 5.32 Å². The zero-order valence-corrected chi connectivity index (χ0v) is 17.7. The predicted octanol–water partition coefficient (Wildman–Crippen LogP) is 1.79. The predicted molar refractivity (Wildman–Crippen MR) is 107 cm³/mol. The summed E-state index contributed by atoms with van der Waals surface area (Å²) in [5.74, 6) is -0.692. The van der Waals surface area contributed by atoms with Crippen LogP contribution in [0.3, 0.4) is 0 Å². The van der Waals surface area contributed by atoms with Crippen molar-refractivity contribution in [2.24, 2.45) is 0 Å². The third-order valence-electron chi connectivity index (χ3n) is 4.20. The number of halogens is 1. The normalized spacial score (nSPS) is 12.7. The minimum absolute atomic E-state index is 0.000969. The van der Waals surface area contributed by atoms with Gasteiger partial charge in [-0.25, -0.2) is 17.5 Å². The van der Waals surface area contributed by atoms with E-state index in [0.717, 1.165) is 4.31 Å². The first-order chi connectivity index (χ1) is 14.2. The van der Waals surface area contributed by atoms with Crippen LogP contribution < -0.4 is 14.8 Å². The lowest BCUT2D eigenvalue weighted by molar-refractivity contribution is -0.124. The summed E-state index contributed by atoms with van der Waals surface area (Å²) in [5, 5.41) is 2.73. The van der Waals surface area contributed by atoms with Crippen molar-refractivity contribution in [3.8, 4) is 11.5 Å². The highest BCUT2D eigenvalue weighted by Gasteiger charge is 2.23. The lowest BCUT2D eigenvalue weighted by atomic mass is 10.2. The molecule has 0 unspecified atom stereocenters. The van der Waals surface area contributed by atoms with Crippen LogP contribution in [0.15, 0.2) is 41.3 Å². The van der Waals surface area contributed by atoms with E-state index in [4.69, 9.17) is 25.8 Å². The fourth-order valence-corrected chi connectivity index (χ4v) is 4.02. The van der Waals surface area contributed by atoms with Gasteiger partial charge in [0.25, 0.3) is 5.91 Å². The van der Waals surface area contributed by atoms with E-state index in [9.17, 15) is 18.0 Å². The molecule has 0 saturated carbocycles. The summed E-state index contributed by atoms with van der Waals surface area (Å²) in [5.41, 5.74) is 0.521. The van der Waals surface area contributed by atoms with Gasteiger partial charge in [-0.1, -0.05) is 29.8 Å². The number of hydrogen-bond acceptors (Lipinski definition) is 7. The standard InChI is InChI=1S/C19H19ClN2O7S/c1-22(2)30(25,26)16-6-4-3-5-12(16)9-21-17(23)10-27-19(24)13-7-14(20)18-15(8-13)28-11-29-18/h3-8H,9-11H2,1-2H3,(H,21,23). The molecule has 2 aromatic carbocycles. The summed E-state index contributed by atoms with van der Waals surface area (Å²) in [4.78, 5) is 24.4. The molecule has 9 nitrogen and oxygen atoms in total.